The molecule has 0 aliphatic heterocycles. The van der Waals surface area contributed by atoms with Gasteiger partial charge in [-0.2, -0.15) is 0 Å². The standard InChI is InChI=1S/C22H22NOP/c1-3-24-20-14-9-10-17(2)22(20)25-21-15-8-7-13-19(21)23-16-18-11-5-4-6-12-18/h4-16,25H,3H2,1-2H3. The zero-order valence-electron chi connectivity index (χ0n) is 14.6. The van der Waals surface area contributed by atoms with Gasteiger partial charge in [-0.05, 0) is 37.1 Å². The molecule has 1 unspecified atom stereocenters. The van der Waals surface area contributed by atoms with E-state index >= 15 is 0 Å². The van der Waals surface area contributed by atoms with Crippen LogP contribution in [-0.2, 0) is 0 Å². The molecular weight excluding hydrogens is 325 g/mol. The fourth-order valence-corrected chi connectivity index (χ4v) is 3.87. The number of rotatable bonds is 6. The van der Waals surface area contributed by atoms with Gasteiger partial charge in [-0.25, -0.2) is 0 Å². The summed E-state index contributed by atoms with van der Waals surface area (Å²) in [5, 5.41) is 2.48. The molecule has 3 heteroatoms. The van der Waals surface area contributed by atoms with Crippen molar-refractivity contribution in [3.8, 4) is 5.75 Å². The quantitative estimate of drug-likeness (QED) is 0.465. The van der Waals surface area contributed by atoms with Gasteiger partial charge in [0.15, 0.2) is 0 Å². The summed E-state index contributed by atoms with van der Waals surface area (Å²) in [7, 11) is 0.512. The number of ether oxygens (including phenoxy) is 1. The van der Waals surface area contributed by atoms with Crippen LogP contribution in [0.4, 0.5) is 5.69 Å². The molecule has 0 aliphatic rings. The van der Waals surface area contributed by atoms with Gasteiger partial charge in [0.1, 0.15) is 5.75 Å². The molecule has 3 aromatic carbocycles. The van der Waals surface area contributed by atoms with Crippen LogP contribution in [0.5, 0.6) is 5.75 Å². The third-order valence-corrected chi connectivity index (χ3v) is 5.43. The summed E-state index contributed by atoms with van der Waals surface area (Å²) in [5.41, 5.74) is 3.37. The monoisotopic (exact) mass is 347 g/mol. The van der Waals surface area contributed by atoms with Crippen molar-refractivity contribution in [2.24, 2.45) is 4.99 Å². The molecule has 3 aromatic rings. The van der Waals surface area contributed by atoms with Crippen LogP contribution in [0.2, 0.25) is 0 Å². The van der Waals surface area contributed by atoms with E-state index in [0.717, 1.165) is 17.0 Å². The Morgan fingerprint density at radius 2 is 1.68 bits per heavy atom. The molecule has 0 heterocycles. The highest BCUT2D eigenvalue weighted by atomic mass is 31.1. The fourth-order valence-electron chi connectivity index (χ4n) is 2.59. The lowest BCUT2D eigenvalue weighted by Crippen LogP contribution is -2.11. The minimum Gasteiger partial charge on any atom is -0.493 e. The predicted octanol–water partition coefficient (Wildman–Crippen LogP) is 4.77. The van der Waals surface area contributed by atoms with Crippen LogP contribution in [-0.4, -0.2) is 12.8 Å². The summed E-state index contributed by atoms with van der Waals surface area (Å²) in [6.07, 6.45) is 1.92. The molecule has 0 spiro atoms. The minimum atomic E-state index is 0.512. The average Bonchev–Trinajstić information content (AvgIpc) is 2.65. The van der Waals surface area contributed by atoms with Gasteiger partial charge in [-0.1, -0.05) is 69.2 Å². The third kappa shape index (κ3) is 4.55. The van der Waals surface area contributed by atoms with Crippen molar-refractivity contribution in [1.82, 2.24) is 0 Å². The van der Waals surface area contributed by atoms with E-state index in [-0.39, 0.29) is 0 Å². The van der Waals surface area contributed by atoms with E-state index in [2.05, 4.69) is 49.4 Å². The maximum absolute atomic E-state index is 5.83. The topological polar surface area (TPSA) is 21.6 Å². The van der Waals surface area contributed by atoms with Crippen molar-refractivity contribution in [3.05, 3.63) is 83.9 Å². The van der Waals surface area contributed by atoms with Gasteiger partial charge in [0.05, 0.1) is 12.3 Å². The molecule has 126 valence electrons. The maximum Gasteiger partial charge on any atom is 0.127 e. The summed E-state index contributed by atoms with van der Waals surface area (Å²) >= 11 is 0. The van der Waals surface area contributed by atoms with E-state index in [9.17, 15) is 0 Å². The van der Waals surface area contributed by atoms with Gasteiger partial charge in [-0.15, -0.1) is 0 Å². The molecule has 2 nitrogen and oxygen atoms in total. The lowest BCUT2D eigenvalue weighted by molar-refractivity contribution is 0.343. The first-order chi connectivity index (χ1) is 12.3. The Bertz CT molecular complexity index is 859. The van der Waals surface area contributed by atoms with E-state index in [1.165, 1.54) is 16.2 Å². The van der Waals surface area contributed by atoms with E-state index in [0.29, 0.717) is 15.2 Å². The van der Waals surface area contributed by atoms with Crippen molar-refractivity contribution in [2.45, 2.75) is 13.8 Å². The highest BCUT2D eigenvalue weighted by Gasteiger charge is 2.10. The smallest absolute Gasteiger partial charge is 0.127 e. The highest BCUT2D eigenvalue weighted by Crippen LogP contribution is 2.26. The number of nitrogens with zero attached hydrogens (tertiary/aromatic N) is 1. The van der Waals surface area contributed by atoms with Gasteiger partial charge in [0.2, 0.25) is 0 Å². The largest absolute Gasteiger partial charge is 0.493 e. The second-order valence-corrected chi connectivity index (χ2v) is 6.98. The van der Waals surface area contributed by atoms with Crippen molar-refractivity contribution < 1.29 is 4.74 Å². The fraction of sp³-hybridized carbons (Fsp3) is 0.136. The first kappa shape index (κ1) is 17.4. The second-order valence-electron chi connectivity index (χ2n) is 5.69. The van der Waals surface area contributed by atoms with Crippen LogP contribution in [0.15, 0.2) is 77.8 Å². The zero-order chi connectivity index (χ0) is 17.5. The summed E-state index contributed by atoms with van der Waals surface area (Å²) in [5.74, 6) is 0.975. The lowest BCUT2D eigenvalue weighted by Gasteiger charge is -2.14. The molecule has 0 aromatic heterocycles. The number of hydrogen-bond acceptors (Lipinski definition) is 2. The van der Waals surface area contributed by atoms with Crippen LogP contribution in [0, 0.1) is 6.92 Å². The Morgan fingerprint density at radius 1 is 0.920 bits per heavy atom. The molecule has 0 saturated carbocycles. The number of benzene rings is 3. The number of para-hydroxylation sites is 1. The van der Waals surface area contributed by atoms with Crippen molar-refractivity contribution in [2.75, 3.05) is 6.61 Å². The molecule has 3 rings (SSSR count). The van der Waals surface area contributed by atoms with E-state index in [1.807, 2.05) is 43.5 Å². The first-order valence-corrected chi connectivity index (χ1v) is 9.45. The molecule has 0 N–H and O–H groups in total. The van der Waals surface area contributed by atoms with Crippen molar-refractivity contribution in [1.29, 1.82) is 0 Å². The summed E-state index contributed by atoms with van der Waals surface area (Å²) in [6.45, 7) is 4.84. The summed E-state index contributed by atoms with van der Waals surface area (Å²) in [6, 6.07) is 24.7. The Balaban J connectivity index is 1.91. The Hall–Kier alpha value is -2.44. The van der Waals surface area contributed by atoms with E-state index in [1.54, 1.807) is 0 Å². The minimum absolute atomic E-state index is 0.512. The molecule has 0 fully saturated rings. The van der Waals surface area contributed by atoms with Crippen molar-refractivity contribution in [3.63, 3.8) is 0 Å². The molecule has 0 saturated heterocycles. The van der Waals surface area contributed by atoms with Crippen LogP contribution >= 0.6 is 8.58 Å². The van der Waals surface area contributed by atoms with E-state index in [4.69, 9.17) is 9.73 Å². The number of aryl methyl sites for hydroxylation is 1. The maximum atomic E-state index is 5.83. The predicted molar refractivity (Wildman–Crippen MR) is 110 cm³/mol. The van der Waals surface area contributed by atoms with Gasteiger partial charge in [0.25, 0.3) is 0 Å². The first-order valence-electron chi connectivity index (χ1n) is 8.45. The van der Waals surface area contributed by atoms with Crippen LogP contribution in [0.25, 0.3) is 0 Å². The number of hydrogen-bond donors (Lipinski definition) is 0. The lowest BCUT2D eigenvalue weighted by atomic mass is 10.2. The molecule has 0 amide bonds. The Labute approximate surface area is 151 Å². The Kier molecular flexibility index (Phi) is 5.98. The number of aliphatic imine (C=N–C) groups is 1. The van der Waals surface area contributed by atoms with Gasteiger partial charge in [0, 0.05) is 16.8 Å². The second kappa shape index (κ2) is 8.60. The highest BCUT2D eigenvalue weighted by molar-refractivity contribution is 7.56. The normalized spacial score (nSPS) is 11.4. The van der Waals surface area contributed by atoms with Gasteiger partial charge < -0.3 is 4.74 Å². The molecule has 0 radical (unpaired) electrons. The summed E-state index contributed by atoms with van der Waals surface area (Å²) < 4.78 is 5.83. The van der Waals surface area contributed by atoms with Crippen molar-refractivity contribution >= 4 is 31.1 Å². The molecular formula is C22H22NOP. The molecule has 25 heavy (non-hydrogen) atoms. The SMILES string of the molecule is CCOc1cccc(C)c1Pc1ccccc1N=Cc1ccccc1. The van der Waals surface area contributed by atoms with E-state index < -0.39 is 0 Å². The molecule has 0 bridgehead atoms. The average molecular weight is 347 g/mol. The van der Waals surface area contributed by atoms with Crippen LogP contribution in [0.1, 0.15) is 18.1 Å². The van der Waals surface area contributed by atoms with Gasteiger partial charge >= 0.3 is 0 Å². The van der Waals surface area contributed by atoms with Crippen LogP contribution in [0.3, 0.4) is 0 Å². The third-order valence-electron chi connectivity index (χ3n) is 3.85. The molecule has 1 atom stereocenters. The zero-order valence-corrected chi connectivity index (χ0v) is 15.6. The summed E-state index contributed by atoms with van der Waals surface area (Å²) in [4.78, 5) is 4.72. The van der Waals surface area contributed by atoms with Gasteiger partial charge in [-0.3, -0.25) is 4.99 Å². The molecule has 0 aliphatic carbocycles. The van der Waals surface area contributed by atoms with Crippen LogP contribution < -0.4 is 15.3 Å². The Morgan fingerprint density at radius 3 is 2.48 bits per heavy atom.